The Labute approximate surface area is 156 Å². The highest BCUT2D eigenvalue weighted by molar-refractivity contribution is 5.91. The number of methoxy groups -OCH3 is 2. The maximum Gasteiger partial charge on any atom is 0.387 e. The van der Waals surface area contributed by atoms with E-state index in [2.05, 4.69) is 10.1 Å². The standard InChI is InChI=1S/C20H21F2NO4/c1-25-16-7-3-14(4-8-16)11-12-23-19(24)10-6-15-5-9-17(27-20(21)22)18(13-15)26-2/h3-10,13,20H,11-12H2,1-2H3,(H,23,24)/b10-6+. The smallest absolute Gasteiger partial charge is 0.387 e. The summed E-state index contributed by atoms with van der Waals surface area (Å²) in [6.45, 7) is -2.45. The first-order valence-electron chi connectivity index (χ1n) is 8.23. The van der Waals surface area contributed by atoms with Crippen LogP contribution >= 0.6 is 0 Å². The molecule has 0 bridgehead atoms. The second-order valence-electron chi connectivity index (χ2n) is 5.51. The van der Waals surface area contributed by atoms with Gasteiger partial charge in [0.1, 0.15) is 5.75 Å². The number of hydrogen-bond acceptors (Lipinski definition) is 4. The van der Waals surface area contributed by atoms with Crippen LogP contribution in [0.5, 0.6) is 17.2 Å². The van der Waals surface area contributed by atoms with Crippen LogP contribution in [0.2, 0.25) is 0 Å². The molecule has 0 radical (unpaired) electrons. The van der Waals surface area contributed by atoms with E-state index in [4.69, 9.17) is 9.47 Å². The molecule has 144 valence electrons. The first kappa shape index (κ1) is 20.2. The molecule has 0 saturated heterocycles. The van der Waals surface area contributed by atoms with Gasteiger partial charge in [0.05, 0.1) is 14.2 Å². The number of carbonyl (C=O) groups is 1. The van der Waals surface area contributed by atoms with E-state index >= 15 is 0 Å². The summed E-state index contributed by atoms with van der Waals surface area (Å²) in [5.74, 6) is 0.632. The number of carbonyl (C=O) groups excluding carboxylic acids is 1. The molecule has 1 N–H and O–H groups in total. The molecule has 27 heavy (non-hydrogen) atoms. The van der Waals surface area contributed by atoms with Crippen LogP contribution in [0.4, 0.5) is 8.78 Å². The Kier molecular flexibility index (Phi) is 7.61. The summed E-state index contributed by atoms with van der Waals surface area (Å²) in [5.41, 5.74) is 1.71. The van der Waals surface area contributed by atoms with Crippen molar-refractivity contribution < 1.29 is 27.8 Å². The number of alkyl halides is 2. The van der Waals surface area contributed by atoms with Crippen LogP contribution in [0.1, 0.15) is 11.1 Å². The van der Waals surface area contributed by atoms with Crippen molar-refractivity contribution >= 4 is 12.0 Å². The number of benzene rings is 2. The molecule has 0 aliphatic carbocycles. The zero-order chi connectivity index (χ0) is 19.6. The summed E-state index contributed by atoms with van der Waals surface area (Å²) in [6.07, 6.45) is 3.63. The fourth-order valence-corrected chi connectivity index (χ4v) is 2.33. The molecule has 7 heteroatoms. The van der Waals surface area contributed by atoms with Crippen LogP contribution in [0.3, 0.4) is 0 Å². The molecular weight excluding hydrogens is 356 g/mol. The minimum absolute atomic E-state index is 0.0615. The number of ether oxygens (including phenoxy) is 3. The Balaban J connectivity index is 1.86. The number of amides is 1. The van der Waals surface area contributed by atoms with Gasteiger partial charge in [-0.15, -0.1) is 0 Å². The topological polar surface area (TPSA) is 56.8 Å². The fraction of sp³-hybridized carbons (Fsp3) is 0.250. The third-order valence-electron chi connectivity index (χ3n) is 3.70. The van der Waals surface area contributed by atoms with Gasteiger partial charge in [0.15, 0.2) is 11.5 Å². The summed E-state index contributed by atoms with van der Waals surface area (Å²) < 4.78 is 39.1. The van der Waals surface area contributed by atoms with E-state index in [1.807, 2.05) is 24.3 Å². The second-order valence-corrected chi connectivity index (χ2v) is 5.51. The summed E-state index contributed by atoms with van der Waals surface area (Å²) in [6, 6.07) is 12.1. The first-order chi connectivity index (χ1) is 13.0. The van der Waals surface area contributed by atoms with Crippen molar-refractivity contribution in [2.75, 3.05) is 20.8 Å². The average Bonchev–Trinajstić information content (AvgIpc) is 2.67. The Hall–Kier alpha value is -3.09. The summed E-state index contributed by atoms with van der Waals surface area (Å²) in [7, 11) is 2.96. The van der Waals surface area contributed by atoms with Crippen LogP contribution in [-0.4, -0.2) is 33.3 Å². The highest BCUT2D eigenvalue weighted by atomic mass is 19.3. The molecule has 2 rings (SSSR count). The van der Waals surface area contributed by atoms with Crippen molar-refractivity contribution in [2.45, 2.75) is 13.0 Å². The Morgan fingerprint density at radius 1 is 1.07 bits per heavy atom. The van der Waals surface area contributed by atoms with Gasteiger partial charge in [0, 0.05) is 12.6 Å². The molecule has 0 saturated carbocycles. The Bertz CT molecular complexity index is 776. The van der Waals surface area contributed by atoms with Gasteiger partial charge in [-0.25, -0.2) is 0 Å². The molecule has 5 nitrogen and oxygen atoms in total. The number of hydrogen-bond donors (Lipinski definition) is 1. The fourth-order valence-electron chi connectivity index (χ4n) is 2.33. The normalized spacial score (nSPS) is 10.9. The van der Waals surface area contributed by atoms with Gasteiger partial charge in [-0.05, 0) is 47.9 Å². The monoisotopic (exact) mass is 377 g/mol. The maximum atomic E-state index is 12.3. The van der Waals surface area contributed by atoms with Gasteiger partial charge in [0.2, 0.25) is 5.91 Å². The molecule has 0 spiro atoms. The van der Waals surface area contributed by atoms with Crippen molar-refractivity contribution in [1.29, 1.82) is 0 Å². The third-order valence-corrected chi connectivity index (χ3v) is 3.70. The number of rotatable bonds is 9. The quantitative estimate of drug-likeness (QED) is 0.678. The second kappa shape index (κ2) is 10.2. The van der Waals surface area contributed by atoms with Gasteiger partial charge < -0.3 is 19.5 Å². The molecule has 0 atom stereocenters. The maximum absolute atomic E-state index is 12.3. The van der Waals surface area contributed by atoms with E-state index in [9.17, 15) is 13.6 Å². The van der Waals surface area contributed by atoms with E-state index < -0.39 is 6.61 Å². The Morgan fingerprint density at radius 3 is 2.44 bits per heavy atom. The predicted octanol–water partition coefficient (Wildman–Crippen LogP) is 3.68. The van der Waals surface area contributed by atoms with Crippen molar-refractivity contribution in [1.82, 2.24) is 5.32 Å². The minimum atomic E-state index is -2.93. The van der Waals surface area contributed by atoms with Crippen LogP contribution < -0.4 is 19.5 Å². The zero-order valence-electron chi connectivity index (χ0n) is 15.1. The van der Waals surface area contributed by atoms with Crippen LogP contribution in [0.25, 0.3) is 6.08 Å². The number of halogens is 2. The molecule has 0 aliphatic heterocycles. The molecule has 2 aromatic rings. The van der Waals surface area contributed by atoms with Crippen molar-refractivity contribution in [3.63, 3.8) is 0 Å². The van der Waals surface area contributed by atoms with Gasteiger partial charge in [-0.1, -0.05) is 18.2 Å². The highest BCUT2D eigenvalue weighted by Crippen LogP contribution is 2.29. The summed E-state index contributed by atoms with van der Waals surface area (Å²) in [4.78, 5) is 11.9. The number of nitrogens with one attached hydrogen (secondary N) is 1. The van der Waals surface area contributed by atoms with Crippen molar-refractivity contribution in [2.24, 2.45) is 0 Å². The van der Waals surface area contributed by atoms with Gasteiger partial charge in [0.25, 0.3) is 0 Å². The molecule has 0 aromatic heterocycles. The molecule has 0 aliphatic rings. The predicted molar refractivity (Wildman–Crippen MR) is 98.4 cm³/mol. The van der Waals surface area contributed by atoms with E-state index in [1.54, 1.807) is 19.3 Å². The van der Waals surface area contributed by atoms with Gasteiger partial charge in [-0.3, -0.25) is 4.79 Å². The van der Waals surface area contributed by atoms with Crippen LogP contribution in [0.15, 0.2) is 48.5 Å². The Morgan fingerprint density at radius 2 is 1.81 bits per heavy atom. The molecule has 1 amide bonds. The first-order valence-corrected chi connectivity index (χ1v) is 8.23. The molecule has 0 fully saturated rings. The van der Waals surface area contributed by atoms with Crippen molar-refractivity contribution in [3.05, 3.63) is 59.7 Å². The van der Waals surface area contributed by atoms with Crippen LogP contribution in [0, 0.1) is 0 Å². The third kappa shape index (κ3) is 6.62. The average molecular weight is 377 g/mol. The highest BCUT2D eigenvalue weighted by Gasteiger charge is 2.10. The molecular formula is C20H21F2NO4. The summed E-state index contributed by atoms with van der Waals surface area (Å²) in [5, 5.41) is 2.78. The van der Waals surface area contributed by atoms with Crippen LogP contribution in [-0.2, 0) is 11.2 Å². The van der Waals surface area contributed by atoms with E-state index in [0.29, 0.717) is 18.5 Å². The van der Waals surface area contributed by atoms with Gasteiger partial charge >= 0.3 is 6.61 Å². The van der Waals surface area contributed by atoms with Crippen molar-refractivity contribution in [3.8, 4) is 17.2 Å². The lowest BCUT2D eigenvalue weighted by molar-refractivity contribution is -0.116. The lowest BCUT2D eigenvalue weighted by atomic mass is 10.1. The SMILES string of the molecule is COc1ccc(CCNC(=O)/C=C/c2ccc(OC(F)F)c(OC)c2)cc1. The zero-order valence-corrected chi connectivity index (χ0v) is 15.1. The minimum Gasteiger partial charge on any atom is -0.497 e. The summed E-state index contributed by atoms with van der Waals surface area (Å²) >= 11 is 0. The lowest BCUT2D eigenvalue weighted by Gasteiger charge is -2.10. The van der Waals surface area contributed by atoms with E-state index in [1.165, 1.54) is 25.3 Å². The molecule has 2 aromatic carbocycles. The lowest BCUT2D eigenvalue weighted by Crippen LogP contribution is -2.23. The van der Waals surface area contributed by atoms with E-state index in [0.717, 1.165) is 11.3 Å². The molecule has 0 unspecified atom stereocenters. The van der Waals surface area contributed by atoms with Gasteiger partial charge in [-0.2, -0.15) is 8.78 Å². The largest absolute Gasteiger partial charge is 0.497 e. The van der Waals surface area contributed by atoms with E-state index in [-0.39, 0.29) is 17.4 Å². The molecule has 0 heterocycles.